The molecule has 1 heterocycles. The van der Waals surface area contributed by atoms with E-state index in [0.717, 1.165) is 17.8 Å². The van der Waals surface area contributed by atoms with Gasteiger partial charge in [-0.15, -0.1) is 0 Å². The molecule has 1 N–H and O–H groups in total. The standard InChI is InChI=1S/C19H26Cl2N4O/c1-4-7-23-19(26)25(11-14(2)3)13-18-22-8-9-24(18)12-15-5-6-16(20)17(21)10-15/h5-6,8-10,14H,4,7,11-13H2,1-3H3,(H,23,26). The van der Waals surface area contributed by atoms with Crippen molar-refractivity contribution in [3.05, 3.63) is 52.0 Å². The highest BCUT2D eigenvalue weighted by Crippen LogP contribution is 2.23. The lowest BCUT2D eigenvalue weighted by Gasteiger charge is -2.25. The molecule has 0 spiro atoms. The molecular formula is C19H26Cl2N4O. The molecule has 0 radical (unpaired) electrons. The van der Waals surface area contributed by atoms with E-state index in [2.05, 4.69) is 24.1 Å². The fraction of sp³-hybridized carbons (Fsp3) is 0.474. The van der Waals surface area contributed by atoms with Crippen LogP contribution in [0.2, 0.25) is 10.0 Å². The van der Waals surface area contributed by atoms with Crippen LogP contribution in [0.3, 0.4) is 0 Å². The molecule has 2 aromatic rings. The summed E-state index contributed by atoms with van der Waals surface area (Å²) in [6, 6.07) is 5.54. The molecule has 0 bridgehead atoms. The van der Waals surface area contributed by atoms with Crippen molar-refractivity contribution in [2.45, 2.75) is 40.3 Å². The van der Waals surface area contributed by atoms with E-state index in [-0.39, 0.29) is 6.03 Å². The van der Waals surface area contributed by atoms with Crippen LogP contribution in [-0.2, 0) is 13.1 Å². The number of hydrogen-bond donors (Lipinski definition) is 1. The molecule has 5 nitrogen and oxygen atoms in total. The molecule has 1 aromatic heterocycles. The number of benzene rings is 1. The lowest BCUT2D eigenvalue weighted by molar-refractivity contribution is 0.185. The van der Waals surface area contributed by atoms with E-state index >= 15 is 0 Å². The van der Waals surface area contributed by atoms with Crippen molar-refractivity contribution in [3.8, 4) is 0 Å². The molecule has 26 heavy (non-hydrogen) atoms. The number of carbonyl (C=O) groups excluding carboxylic acids is 1. The molecule has 2 rings (SSSR count). The highest BCUT2D eigenvalue weighted by Gasteiger charge is 2.17. The maximum Gasteiger partial charge on any atom is 0.317 e. The van der Waals surface area contributed by atoms with Gasteiger partial charge in [0.05, 0.1) is 16.6 Å². The summed E-state index contributed by atoms with van der Waals surface area (Å²) in [5.74, 6) is 1.21. The highest BCUT2D eigenvalue weighted by molar-refractivity contribution is 6.42. The second kappa shape index (κ2) is 9.83. The summed E-state index contributed by atoms with van der Waals surface area (Å²) in [4.78, 5) is 18.7. The van der Waals surface area contributed by atoms with E-state index in [9.17, 15) is 4.79 Å². The van der Waals surface area contributed by atoms with Crippen LogP contribution < -0.4 is 5.32 Å². The summed E-state index contributed by atoms with van der Waals surface area (Å²) in [7, 11) is 0. The maximum absolute atomic E-state index is 12.5. The Morgan fingerprint density at radius 2 is 2.08 bits per heavy atom. The third kappa shape index (κ3) is 5.92. The molecule has 0 fully saturated rings. The van der Waals surface area contributed by atoms with Gasteiger partial charge in [-0.25, -0.2) is 9.78 Å². The lowest BCUT2D eigenvalue weighted by Crippen LogP contribution is -2.42. The van der Waals surface area contributed by atoms with Crippen LogP contribution in [0.25, 0.3) is 0 Å². The van der Waals surface area contributed by atoms with Gasteiger partial charge in [0.25, 0.3) is 0 Å². The zero-order valence-electron chi connectivity index (χ0n) is 15.5. The van der Waals surface area contributed by atoms with E-state index < -0.39 is 0 Å². The minimum absolute atomic E-state index is 0.0513. The summed E-state index contributed by atoms with van der Waals surface area (Å²) in [6.07, 6.45) is 4.58. The largest absolute Gasteiger partial charge is 0.338 e. The van der Waals surface area contributed by atoms with E-state index in [1.165, 1.54) is 0 Å². The fourth-order valence-electron chi connectivity index (χ4n) is 2.64. The summed E-state index contributed by atoms with van der Waals surface area (Å²) >= 11 is 12.1. The summed E-state index contributed by atoms with van der Waals surface area (Å²) in [6.45, 7) is 8.67. The van der Waals surface area contributed by atoms with Gasteiger partial charge >= 0.3 is 6.03 Å². The van der Waals surface area contributed by atoms with Crippen molar-refractivity contribution in [2.24, 2.45) is 5.92 Å². The Kier molecular flexibility index (Phi) is 7.79. The molecule has 2 amide bonds. The predicted molar refractivity (Wildman–Crippen MR) is 107 cm³/mol. The lowest BCUT2D eigenvalue weighted by atomic mass is 10.2. The molecule has 0 atom stereocenters. The summed E-state index contributed by atoms with van der Waals surface area (Å²) < 4.78 is 2.03. The first-order valence-corrected chi connectivity index (χ1v) is 9.63. The van der Waals surface area contributed by atoms with Crippen molar-refractivity contribution in [1.82, 2.24) is 19.8 Å². The number of rotatable bonds is 8. The van der Waals surface area contributed by atoms with E-state index in [4.69, 9.17) is 23.2 Å². The third-order valence-corrected chi connectivity index (χ3v) is 4.61. The maximum atomic E-state index is 12.5. The van der Waals surface area contributed by atoms with E-state index in [1.807, 2.05) is 34.7 Å². The number of nitrogens with one attached hydrogen (secondary N) is 1. The van der Waals surface area contributed by atoms with Crippen LogP contribution in [0.1, 0.15) is 38.6 Å². The Labute approximate surface area is 165 Å². The number of aromatic nitrogens is 2. The minimum Gasteiger partial charge on any atom is -0.338 e. The van der Waals surface area contributed by atoms with E-state index in [0.29, 0.717) is 42.1 Å². The van der Waals surface area contributed by atoms with Gasteiger partial charge in [0.2, 0.25) is 0 Å². The topological polar surface area (TPSA) is 50.2 Å². The number of carbonyl (C=O) groups is 1. The molecule has 7 heteroatoms. The molecule has 1 aromatic carbocycles. The molecule has 0 saturated heterocycles. The Balaban J connectivity index is 2.13. The number of nitrogens with zero attached hydrogens (tertiary/aromatic N) is 3. The monoisotopic (exact) mass is 396 g/mol. The Morgan fingerprint density at radius 1 is 1.31 bits per heavy atom. The number of amides is 2. The van der Waals surface area contributed by atoms with Gasteiger partial charge in [0.1, 0.15) is 5.82 Å². The van der Waals surface area contributed by atoms with Gasteiger partial charge in [-0.1, -0.05) is 50.0 Å². The minimum atomic E-state index is -0.0513. The molecule has 0 aliphatic rings. The number of urea groups is 1. The number of imidazole rings is 1. The number of halogens is 2. The third-order valence-electron chi connectivity index (χ3n) is 3.87. The Hall–Kier alpha value is -1.72. The molecule has 0 aliphatic carbocycles. The zero-order valence-corrected chi connectivity index (χ0v) is 17.0. The second-order valence-corrected chi connectivity index (χ2v) is 7.54. The number of hydrogen-bond acceptors (Lipinski definition) is 2. The second-order valence-electron chi connectivity index (χ2n) is 6.73. The summed E-state index contributed by atoms with van der Waals surface area (Å²) in [5.41, 5.74) is 1.03. The van der Waals surface area contributed by atoms with Crippen LogP contribution in [0.4, 0.5) is 4.79 Å². The average Bonchev–Trinajstić information content (AvgIpc) is 3.02. The average molecular weight is 397 g/mol. The van der Waals surface area contributed by atoms with Crippen LogP contribution in [0.5, 0.6) is 0 Å². The van der Waals surface area contributed by atoms with Gasteiger partial charge in [-0.05, 0) is 30.0 Å². The predicted octanol–water partition coefficient (Wildman–Crippen LogP) is 4.82. The van der Waals surface area contributed by atoms with Crippen molar-refractivity contribution in [1.29, 1.82) is 0 Å². The van der Waals surface area contributed by atoms with Gasteiger partial charge in [-0.2, -0.15) is 0 Å². The first kappa shape index (κ1) is 20.6. The van der Waals surface area contributed by atoms with Crippen LogP contribution in [0, 0.1) is 5.92 Å². The summed E-state index contributed by atoms with van der Waals surface area (Å²) in [5, 5.41) is 4.02. The first-order chi connectivity index (χ1) is 12.4. The highest BCUT2D eigenvalue weighted by atomic mass is 35.5. The van der Waals surface area contributed by atoms with Gasteiger partial charge in [0.15, 0.2) is 0 Å². The van der Waals surface area contributed by atoms with Crippen molar-refractivity contribution in [3.63, 3.8) is 0 Å². The fourth-order valence-corrected chi connectivity index (χ4v) is 2.97. The van der Waals surface area contributed by atoms with Gasteiger partial charge < -0.3 is 14.8 Å². The van der Waals surface area contributed by atoms with Crippen molar-refractivity contribution in [2.75, 3.05) is 13.1 Å². The molecule has 142 valence electrons. The van der Waals surface area contributed by atoms with Crippen LogP contribution >= 0.6 is 23.2 Å². The van der Waals surface area contributed by atoms with Crippen LogP contribution in [0.15, 0.2) is 30.6 Å². The van der Waals surface area contributed by atoms with Crippen molar-refractivity contribution >= 4 is 29.2 Å². The quantitative estimate of drug-likeness (QED) is 0.695. The zero-order chi connectivity index (χ0) is 19.1. The molecule has 0 unspecified atom stereocenters. The van der Waals surface area contributed by atoms with Gasteiger partial charge in [0, 0.05) is 32.0 Å². The van der Waals surface area contributed by atoms with E-state index in [1.54, 1.807) is 12.3 Å². The van der Waals surface area contributed by atoms with Crippen molar-refractivity contribution < 1.29 is 4.79 Å². The Bertz CT molecular complexity index is 730. The smallest absolute Gasteiger partial charge is 0.317 e. The molecular weight excluding hydrogens is 371 g/mol. The molecule has 0 saturated carbocycles. The van der Waals surface area contributed by atoms with Gasteiger partial charge in [-0.3, -0.25) is 0 Å². The Morgan fingerprint density at radius 3 is 2.73 bits per heavy atom. The first-order valence-electron chi connectivity index (χ1n) is 8.87. The SMILES string of the molecule is CCCNC(=O)N(Cc1nccn1Cc1ccc(Cl)c(Cl)c1)CC(C)C. The molecule has 0 aliphatic heterocycles. The normalized spacial score (nSPS) is 11.0. The van der Waals surface area contributed by atoms with Crippen LogP contribution in [-0.4, -0.2) is 33.6 Å².